The van der Waals surface area contributed by atoms with E-state index in [4.69, 9.17) is 9.47 Å². The van der Waals surface area contributed by atoms with Gasteiger partial charge in [-0.25, -0.2) is 4.79 Å². The van der Waals surface area contributed by atoms with Gasteiger partial charge in [-0.1, -0.05) is 30.3 Å². The number of amides is 1. The van der Waals surface area contributed by atoms with Crippen LogP contribution in [-0.2, 0) is 20.7 Å². The molecule has 6 heteroatoms. The highest BCUT2D eigenvalue weighted by Gasteiger charge is 2.36. The van der Waals surface area contributed by atoms with Crippen LogP contribution in [0.5, 0.6) is 0 Å². The maximum absolute atomic E-state index is 12.6. The van der Waals surface area contributed by atoms with Crippen LogP contribution in [-0.4, -0.2) is 54.3 Å². The van der Waals surface area contributed by atoms with Crippen LogP contribution in [0.2, 0.25) is 0 Å². The number of likely N-dealkylation sites (tertiary alicyclic amines) is 1. The number of nitrogens with zero attached hydrogens (tertiary/aromatic N) is 1. The highest BCUT2D eigenvalue weighted by atomic mass is 16.6. The van der Waals surface area contributed by atoms with Gasteiger partial charge in [0, 0.05) is 19.5 Å². The first kappa shape index (κ1) is 25.2. The van der Waals surface area contributed by atoms with Gasteiger partial charge < -0.3 is 19.7 Å². The Hall–Kier alpha value is -2.08. The molecular weight excluding hydrogens is 392 g/mol. The molecular formula is C25H40N2O4. The molecule has 2 unspecified atom stereocenters. The minimum atomic E-state index is -0.496. The average Bonchev–Trinajstić information content (AvgIpc) is 3.02. The molecule has 1 aromatic rings. The maximum Gasteiger partial charge on any atom is 0.410 e. The molecule has 1 aromatic carbocycles. The highest BCUT2D eigenvalue weighted by Crippen LogP contribution is 2.28. The lowest BCUT2D eigenvalue weighted by Gasteiger charge is -2.24. The minimum Gasteiger partial charge on any atom is -0.460 e. The smallest absolute Gasteiger partial charge is 0.410 e. The third kappa shape index (κ3) is 9.72. The van der Waals surface area contributed by atoms with Crippen molar-refractivity contribution in [2.75, 3.05) is 26.2 Å². The van der Waals surface area contributed by atoms with E-state index in [0.29, 0.717) is 31.3 Å². The quantitative estimate of drug-likeness (QED) is 0.486. The van der Waals surface area contributed by atoms with E-state index < -0.39 is 11.2 Å². The third-order valence-electron chi connectivity index (χ3n) is 5.13. The number of esters is 1. The van der Waals surface area contributed by atoms with E-state index in [-0.39, 0.29) is 12.1 Å². The Balaban J connectivity index is 1.86. The van der Waals surface area contributed by atoms with Crippen molar-refractivity contribution in [2.24, 2.45) is 11.8 Å². The highest BCUT2D eigenvalue weighted by molar-refractivity contribution is 5.69. The van der Waals surface area contributed by atoms with Gasteiger partial charge in [-0.3, -0.25) is 4.79 Å². The molecule has 0 saturated carbocycles. The predicted molar refractivity (Wildman–Crippen MR) is 123 cm³/mol. The second kappa shape index (κ2) is 11.0. The Bertz CT molecular complexity index is 706. The topological polar surface area (TPSA) is 67.9 Å². The molecule has 1 aliphatic rings. The van der Waals surface area contributed by atoms with Crippen LogP contribution in [0.15, 0.2) is 30.3 Å². The first-order chi connectivity index (χ1) is 14.4. The van der Waals surface area contributed by atoms with Crippen LogP contribution in [0.4, 0.5) is 4.79 Å². The first-order valence-corrected chi connectivity index (χ1v) is 11.4. The molecule has 6 nitrogen and oxygen atoms in total. The molecule has 0 aliphatic carbocycles. The Labute approximate surface area is 187 Å². The van der Waals surface area contributed by atoms with E-state index in [1.54, 1.807) is 0 Å². The lowest BCUT2D eigenvalue weighted by Crippen LogP contribution is -2.36. The van der Waals surface area contributed by atoms with Gasteiger partial charge in [-0.15, -0.1) is 0 Å². The first-order valence-electron chi connectivity index (χ1n) is 11.4. The summed E-state index contributed by atoms with van der Waals surface area (Å²) in [7, 11) is 0. The third-order valence-corrected chi connectivity index (χ3v) is 5.13. The Morgan fingerprint density at radius 2 is 1.58 bits per heavy atom. The molecule has 1 aliphatic heterocycles. The Morgan fingerprint density at radius 3 is 2.19 bits per heavy atom. The fourth-order valence-electron chi connectivity index (χ4n) is 3.83. The zero-order valence-electron chi connectivity index (χ0n) is 20.1. The predicted octanol–water partition coefficient (Wildman–Crippen LogP) is 4.42. The lowest BCUT2D eigenvalue weighted by atomic mass is 9.89. The van der Waals surface area contributed by atoms with Crippen molar-refractivity contribution in [2.45, 2.75) is 72.0 Å². The van der Waals surface area contributed by atoms with Crippen molar-refractivity contribution in [1.82, 2.24) is 10.2 Å². The molecule has 0 bridgehead atoms. The van der Waals surface area contributed by atoms with Crippen LogP contribution in [0.25, 0.3) is 0 Å². The second-order valence-corrected chi connectivity index (χ2v) is 10.5. The molecule has 1 fully saturated rings. The molecule has 31 heavy (non-hydrogen) atoms. The van der Waals surface area contributed by atoms with Crippen molar-refractivity contribution in [3.63, 3.8) is 0 Å². The fraction of sp³-hybridized carbons (Fsp3) is 0.680. The van der Waals surface area contributed by atoms with Crippen molar-refractivity contribution >= 4 is 12.1 Å². The average molecular weight is 433 g/mol. The number of ether oxygens (including phenoxy) is 2. The van der Waals surface area contributed by atoms with Gasteiger partial charge in [-0.05, 0) is 84.9 Å². The molecule has 1 amide bonds. The van der Waals surface area contributed by atoms with Crippen LogP contribution in [0.3, 0.4) is 0 Å². The number of rotatable bonds is 8. The number of hydrogen-bond donors (Lipinski definition) is 1. The number of hydrogen-bond acceptors (Lipinski definition) is 5. The Kier molecular flexibility index (Phi) is 8.92. The summed E-state index contributed by atoms with van der Waals surface area (Å²) in [5.41, 5.74) is 0.349. The Morgan fingerprint density at radius 1 is 0.968 bits per heavy atom. The lowest BCUT2D eigenvalue weighted by molar-refractivity contribution is -0.154. The summed E-state index contributed by atoms with van der Waals surface area (Å²) in [6, 6.07) is 10.4. The molecule has 174 valence electrons. The molecule has 2 rings (SSSR count). The summed E-state index contributed by atoms with van der Waals surface area (Å²) in [5.74, 6) is 0.552. The number of benzene rings is 1. The van der Waals surface area contributed by atoms with E-state index in [9.17, 15) is 9.59 Å². The normalized spacial score (nSPS) is 19.4. The SMILES string of the molecule is CC(C)(C)OC(=O)CCCNCC1CN(C(=O)OC(C)(C)C)CC1Cc1ccccc1. The maximum atomic E-state index is 12.6. The van der Waals surface area contributed by atoms with Gasteiger partial charge in [0.15, 0.2) is 0 Å². The summed E-state index contributed by atoms with van der Waals surface area (Å²) in [6.45, 7) is 14.3. The number of carbonyl (C=O) groups excluding carboxylic acids is 2. The summed E-state index contributed by atoms with van der Waals surface area (Å²) in [5, 5.41) is 3.48. The number of nitrogens with one attached hydrogen (secondary N) is 1. The summed E-state index contributed by atoms with van der Waals surface area (Å²) in [6.07, 6.45) is 1.84. The zero-order valence-corrected chi connectivity index (χ0v) is 20.1. The van der Waals surface area contributed by atoms with Crippen molar-refractivity contribution in [1.29, 1.82) is 0 Å². The summed E-state index contributed by atoms with van der Waals surface area (Å²) >= 11 is 0. The van der Waals surface area contributed by atoms with E-state index in [0.717, 1.165) is 25.9 Å². The van der Waals surface area contributed by atoms with E-state index in [1.807, 2.05) is 52.5 Å². The molecule has 1 N–H and O–H groups in total. The second-order valence-electron chi connectivity index (χ2n) is 10.5. The molecule has 2 atom stereocenters. The summed E-state index contributed by atoms with van der Waals surface area (Å²) in [4.78, 5) is 26.3. The van der Waals surface area contributed by atoms with Gasteiger partial charge >= 0.3 is 12.1 Å². The standard InChI is InChI=1S/C25H40N2O4/c1-24(2,3)30-22(28)13-10-14-26-16-21-18-27(23(29)31-25(4,5)6)17-20(21)15-19-11-8-7-9-12-19/h7-9,11-12,20-21,26H,10,13-18H2,1-6H3. The van der Waals surface area contributed by atoms with Crippen LogP contribution in [0.1, 0.15) is 59.9 Å². The van der Waals surface area contributed by atoms with Gasteiger partial charge in [0.1, 0.15) is 11.2 Å². The number of carbonyl (C=O) groups is 2. The fourth-order valence-corrected chi connectivity index (χ4v) is 3.83. The monoisotopic (exact) mass is 432 g/mol. The van der Waals surface area contributed by atoms with Crippen LogP contribution in [0, 0.1) is 11.8 Å². The van der Waals surface area contributed by atoms with Gasteiger partial charge in [0.05, 0.1) is 0 Å². The van der Waals surface area contributed by atoms with Gasteiger partial charge in [-0.2, -0.15) is 0 Å². The van der Waals surface area contributed by atoms with Crippen LogP contribution >= 0.6 is 0 Å². The summed E-state index contributed by atoms with van der Waals surface area (Å²) < 4.78 is 10.9. The van der Waals surface area contributed by atoms with Crippen molar-refractivity contribution in [3.05, 3.63) is 35.9 Å². The van der Waals surface area contributed by atoms with E-state index in [2.05, 4.69) is 29.6 Å². The van der Waals surface area contributed by atoms with Gasteiger partial charge in [0.25, 0.3) is 0 Å². The van der Waals surface area contributed by atoms with E-state index in [1.165, 1.54) is 5.56 Å². The molecule has 1 saturated heterocycles. The molecule has 0 radical (unpaired) electrons. The molecule has 1 heterocycles. The van der Waals surface area contributed by atoms with Crippen molar-refractivity contribution < 1.29 is 19.1 Å². The van der Waals surface area contributed by atoms with Crippen molar-refractivity contribution in [3.8, 4) is 0 Å². The van der Waals surface area contributed by atoms with Gasteiger partial charge in [0.2, 0.25) is 0 Å². The molecule has 0 spiro atoms. The largest absolute Gasteiger partial charge is 0.460 e. The minimum absolute atomic E-state index is 0.159. The molecule has 0 aromatic heterocycles. The zero-order chi connectivity index (χ0) is 23.1. The van der Waals surface area contributed by atoms with E-state index >= 15 is 0 Å². The van der Waals surface area contributed by atoms with Crippen LogP contribution < -0.4 is 5.32 Å².